The first-order valence-electron chi connectivity index (χ1n) is 8.27. The number of aromatic nitrogens is 1. The zero-order valence-electron chi connectivity index (χ0n) is 14.4. The van der Waals surface area contributed by atoms with Gasteiger partial charge in [-0.25, -0.2) is 12.4 Å². The summed E-state index contributed by atoms with van der Waals surface area (Å²) in [5, 5.41) is 1.51. The molecule has 0 amide bonds. The third kappa shape index (κ3) is 3.17. The molecule has 0 aliphatic heterocycles. The zero-order chi connectivity index (χ0) is 19.2. The average molecular weight is 508 g/mol. The molecule has 0 atom stereocenters. The third-order valence-electron chi connectivity index (χ3n) is 4.45. The van der Waals surface area contributed by atoms with Crippen LogP contribution < -0.4 is 0 Å². The smallest absolute Gasteiger partial charge is 0.232 e. The summed E-state index contributed by atoms with van der Waals surface area (Å²) < 4.78 is 29.5. The molecule has 0 unspecified atom stereocenters. The summed E-state index contributed by atoms with van der Waals surface area (Å²) in [6, 6.07) is 21.7. The lowest BCUT2D eigenvalue weighted by Crippen LogP contribution is -2.14. The Morgan fingerprint density at radius 3 is 2.19 bits per heavy atom. The molecule has 0 aliphatic rings. The molecule has 0 spiro atoms. The van der Waals surface area contributed by atoms with Crippen molar-refractivity contribution < 1.29 is 8.42 Å². The fraction of sp³-hybridized carbons (Fsp3) is 0.0476. The first-order chi connectivity index (χ1) is 12.9. The SMILES string of the molecule is Cc1ccc(S(=O)(=O)n2c(-c3ccc(Cl)cc3)c(I)c3ccccc32)cc1. The monoisotopic (exact) mass is 507 g/mol. The Bertz CT molecular complexity index is 1240. The van der Waals surface area contributed by atoms with Crippen molar-refractivity contribution in [3.63, 3.8) is 0 Å². The van der Waals surface area contributed by atoms with Gasteiger partial charge in [-0.05, 0) is 59.8 Å². The van der Waals surface area contributed by atoms with Crippen LogP contribution in [0.25, 0.3) is 22.2 Å². The van der Waals surface area contributed by atoms with Crippen molar-refractivity contribution in [3.05, 3.63) is 87.0 Å². The number of halogens is 2. The molecule has 0 saturated heterocycles. The molecular formula is C21H15ClINO2S. The van der Waals surface area contributed by atoms with Crippen LogP contribution in [0.3, 0.4) is 0 Å². The minimum atomic E-state index is -3.77. The molecule has 0 fully saturated rings. The normalized spacial score (nSPS) is 11.8. The maximum absolute atomic E-state index is 13.6. The molecule has 0 aliphatic carbocycles. The van der Waals surface area contributed by atoms with Crippen molar-refractivity contribution in [3.8, 4) is 11.3 Å². The standard InChI is InChI=1S/C21H15ClINO2S/c1-14-6-12-17(13-7-14)27(25,26)24-19-5-3-2-4-18(19)20(23)21(24)15-8-10-16(22)11-9-15/h2-13H,1H3. The van der Waals surface area contributed by atoms with E-state index in [4.69, 9.17) is 11.6 Å². The topological polar surface area (TPSA) is 39.1 Å². The average Bonchev–Trinajstić information content (AvgIpc) is 2.96. The Kier molecular flexibility index (Phi) is 4.78. The van der Waals surface area contributed by atoms with E-state index >= 15 is 0 Å². The maximum Gasteiger partial charge on any atom is 0.268 e. The summed E-state index contributed by atoms with van der Waals surface area (Å²) in [6.45, 7) is 1.93. The van der Waals surface area contributed by atoms with E-state index in [1.807, 2.05) is 55.5 Å². The van der Waals surface area contributed by atoms with E-state index in [0.717, 1.165) is 20.1 Å². The van der Waals surface area contributed by atoms with Gasteiger partial charge in [0, 0.05) is 19.5 Å². The summed E-state index contributed by atoms with van der Waals surface area (Å²) in [4.78, 5) is 0.264. The van der Waals surface area contributed by atoms with Crippen molar-refractivity contribution in [2.45, 2.75) is 11.8 Å². The van der Waals surface area contributed by atoms with Gasteiger partial charge in [-0.15, -0.1) is 0 Å². The number of benzene rings is 3. The van der Waals surface area contributed by atoms with Gasteiger partial charge >= 0.3 is 0 Å². The van der Waals surface area contributed by atoms with Crippen molar-refractivity contribution in [1.29, 1.82) is 0 Å². The predicted octanol–water partition coefficient (Wildman–Crippen LogP) is 6.11. The second kappa shape index (κ2) is 6.96. The lowest BCUT2D eigenvalue weighted by Gasteiger charge is -2.13. The number of fused-ring (bicyclic) bond motifs is 1. The number of aryl methyl sites for hydroxylation is 1. The summed E-state index contributed by atoms with van der Waals surface area (Å²) in [7, 11) is -3.77. The molecule has 1 aromatic heterocycles. The van der Waals surface area contributed by atoms with Crippen molar-refractivity contribution in [2.24, 2.45) is 0 Å². The summed E-state index contributed by atoms with van der Waals surface area (Å²) in [5.74, 6) is 0. The van der Waals surface area contributed by atoms with Crippen LogP contribution in [0.2, 0.25) is 5.02 Å². The molecule has 6 heteroatoms. The number of para-hydroxylation sites is 1. The highest BCUT2D eigenvalue weighted by Gasteiger charge is 2.26. The highest BCUT2D eigenvalue weighted by atomic mass is 127. The van der Waals surface area contributed by atoms with Crippen LogP contribution >= 0.6 is 34.2 Å². The second-order valence-electron chi connectivity index (χ2n) is 6.27. The summed E-state index contributed by atoms with van der Waals surface area (Å²) in [6.07, 6.45) is 0. The summed E-state index contributed by atoms with van der Waals surface area (Å²) in [5.41, 5.74) is 3.12. The summed E-state index contributed by atoms with van der Waals surface area (Å²) >= 11 is 8.25. The van der Waals surface area contributed by atoms with Gasteiger partial charge < -0.3 is 0 Å². The maximum atomic E-state index is 13.6. The van der Waals surface area contributed by atoms with E-state index in [9.17, 15) is 8.42 Å². The molecule has 0 bridgehead atoms. The molecule has 3 nitrogen and oxygen atoms in total. The van der Waals surface area contributed by atoms with Gasteiger partial charge in [0.15, 0.2) is 0 Å². The molecule has 0 saturated carbocycles. The number of hydrogen-bond donors (Lipinski definition) is 0. The number of hydrogen-bond acceptors (Lipinski definition) is 2. The van der Waals surface area contributed by atoms with Crippen LogP contribution in [-0.2, 0) is 10.0 Å². The molecule has 0 N–H and O–H groups in total. The number of nitrogens with zero attached hydrogens (tertiary/aromatic N) is 1. The zero-order valence-corrected chi connectivity index (χ0v) is 18.1. The van der Waals surface area contributed by atoms with Crippen LogP contribution in [0.4, 0.5) is 0 Å². The van der Waals surface area contributed by atoms with Gasteiger partial charge in [0.2, 0.25) is 0 Å². The van der Waals surface area contributed by atoms with Crippen LogP contribution in [-0.4, -0.2) is 12.4 Å². The first kappa shape index (κ1) is 18.5. The molecule has 0 radical (unpaired) electrons. The predicted molar refractivity (Wildman–Crippen MR) is 119 cm³/mol. The van der Waals surface area contributed by atoms with Crippen LogP contribution in [0.5, 0.6) is 0 Å². The Balaban J connectivity index is 2.09. The van der Waals surface area contributed by atoms with Gasteiger partial charge in [0.25, 0.3) is 10.0 Å². The molecule has 136 valence electrons. The van der Waals surface area contributed by atoms with Gasteiger partial charge in [-0.2, -0.15) is 0 Å². The molecule has 4 rings (SSSR count). The van der Waals surface area contributed by atoms with Gasteiger partial charge in [0.05, 0.1) is 16.1 Å². The van der Waals surface area contributed by atoms with E-state index in [1.165, 1.54) is 3.97 Å². The van der Waals surface area contributed by atoms with E-state index in [1.54, 1.807) is 24.3 Å². The van der Waals surface area contributed by atoms with Crippen LogP contribution in [0.15, 0.2) is 77.7 Å². The molecule has 1 heterocycles. The van der Waals surface area contributed by atoms with Crippen LogP contribution in [0.1, 0.15) is 5.56 Å². The van der Waals surface area contributed by atoms with Gasteiger partial charge in [0.1, 0.15) is 0 Å². The highest BCUT2D eigenvalue weighted by Crippen LogP contribution is 2.37. The van der Waals surface area contributed by atoms with E-state index in [-0.39, 0.29) is 4.90 Å². The number of rotatable bonds is 3. The largest absolute Gasteiger partial charge is 0.268 e. The van der Waals surface area contributed by atoms with E-state index in [2.05, 4.69) is 22.6 Å². The fourth-order valence-electron chi connectivity index (χ4n) is 3.09. The van der Waals surface area contributed by atoms with Crippen LogP contribution in [0, 0.1) is 10.5 Å². The third-order valence-corrected chi connectivity index (χ3v) is 7.52. The minimum absolute atomic E-state index is 0.264. The van der Waals surface area contributed by atoms with Crippen molar-refractivity contribution in [2.75, 3.05) is 0 Å². The van der Waals surface area contributed by atoms with E-state index < -0.39 is 10.0 Å². The Morgan fingerprint density at radius 2 is 1.52 bits per heavy atom. The van der Waals surface area contributed by atoms with E-state index in [0.29, 0.717) is 16.2 Å². The Labute approximate surface area is 176 Å². The van der Waals surface area contributed by atoms with Gasteiger partial charge in [-0.1, -0.05) is 59.6 Å². The molecule has 27 heavy (non-hydrogen) atoms. The van der Waals surface area contributed by atoms with Crippen molar-refractivity contribution in [1.82, 2.24) is 3.97 Å². The lowest BCUT2D eigenvalue weighted by molar-refractivity contribution is 0.589. The lowest BCUT2D eigenvalue weighted by atomic mass is 10.1. The Morgan fingerprint density at radius 1 is 0.889 bits per heavy atom. The molecule has 3 aromatic carbocycles. The van der Waals surface area contributed by atoms with Crippen molar-refractivity contribution >= 4 is 55.1 Å². The molecule has 4 aromatic rings. The minimum Gasteiger partial charge on any atom is -0.232 e. The first-order valence-corrected chi connectivity index (χ1v) is 11.2. The highest BCUT2D eigenvalue weighted by molar-refractivity contribution is 14.1. The second-order valence-corrected chi connectivity index (χ2v) is 9.57. The Hall–Kier alpha value is -1.83. The quantitative estimate of drug-likeness (QED) is 0.314. The van der Waals surface area contributed by atoms with Gasteiger partial charge in [-0.3, -0.25) is 0 Å². The molecular weight excluding hydrogens is 493 g/mol. The fourth-order valence-corrected chi connectivity index (χ4v) is 5.93.